The van der Waals surface area contributed by atoms with E-state index in [0.29, 0.717) is 12.3 Å². The topological polar surface area (TPSA) is 38.1 Å². The van der Waals surface area contributed by atoms with Gasteiger partial charge in [-0.25, -0.2) is 4.98 Å². The maximum atomic E-state index is 11.6. The summed E-state index contributed by atoms with van der Waals surface area (Å²) in [5.74, 6) is 1.25. The number of aromatic nitrogens is 2. The molecule has 1 amide bonds. The van der Waals surface area contributed by atoms with Gasteiger partial charge in [-0.1, -0.05) is 11.6 Å². The molecule has 1 aliphatic rings. The van der Waals surface area contributed by atoms with Gasteiger partial charge in [0, 0.05) is 38.4 Å². The van der Waals surface area contributed by atoms with Crippen LogP contribution in [0, 0.1) is 0 Å². The van der Waals surface area contributed by atoms with Crippen LogP contribution in [0.2, 0.25) is 4.34 Å². The number of nitrogens with zero attached hydrogens (tertiary/aromatic N) is 3. The largest absolute Gasteiger partial charge is 0.343 e. The molecule has 106 valence electrons. The number of imidazole rings is 1. The molecule has 1 aliphatic heterocycles. The van der Waals surface area contributed by atoms with E-state index in [4.69, 9.17) is 11.6 Å². The maximum absolute atomic E-state index is 11.6. The SMILES string of the molecule is O=C1CCCN1CCCn1ccnc1-c1ccc(Cl)s1. The molecule has 1 fully saturated rings. The normalized spacial score (nSPS) is 15.2. The third-order valence-corrected chi connectivity index (χ3v) is 4.73. The Balaban J connectivity index is 1.61. The van der Waals surface area contributed by atoms with E-state index >= 15 is 0 Å². The number of hydrogen-bond donors (Lipinski definition) is 0. The average molecular weight is 310 g/mol. The summed E-state index contributed by atoms with van der Waals surface area (Å²) in [5.41, 5.74) is 0. The Morgan fingerprint density at radius 2 is 2.25 bits per heavy atom. The number of aryl methyl sites for hydroxylation is 1. The van der Waals surface area contributed by atoms with Crippen LogP contribution in [0.25, 0.3) is 10.7 Å². The van der Waals surface area contributed by atoms with Crippen LogP contribution in [0.5, 0.6) is 0 Å². The number of amides is 1. The molecule has 6 heteroatoms. The highest BCUT2D eigenvalue weighted by Crippen LogP contribution is 2.29. The highest BCUT2D eigenvalue weighted by Gasteiger charge is 2.19. The quantitative estimate of drug-likeness (QED) is 0.850. The molecule has 0 atom stereocenters. The van der Waals surface area contributed by atoms with Crippen molar-refractivity contribution in [3.63, 3.8) is 0 Å². The minimum Gasteiger partial charge on any atom is -0.343 e. The van der Waals surface area contributed by atoms with Gasteiger partial charge in [0.15, 0.2) is 0 Å². The average Bonchev–Trinajstić information content (AvgIpc) is 3.12. The van der Waals surface area contributed by atoms with Crippen molar-refractivity contribution in [1.29, 1.82) is 0 Å². The number of halogens is 1. The number of carbonyl (C=O) groups is 1. The molecule has 0 saturated carbocycles. The number of hydrogen-bond acceptors (Lipinski definition) is 3. The molecule has 4 nitrogen and oxygen atoms in total. The summed E-state index contributed by atoms with van der Waals surface area (Å²) in [7, 11) is 0. The Kier molecular flexibility index (Phi) is 4.08. The zero-order chi connectivity index (χ0) is 13.9. The minimum absolute atomic E-state index is 0.292. The molecule has 0 N–H and O–H groups in total. The zero-order valence-electron chi connectivity index (χ0n) is 11.1. The first-order valence-corrected chi connectivity index (χ1v) is 7.98. The Morgan fingerprint density at radius 3 is 2.95 bits per heavy atom. The van der Waals surface area contributed by atoms with Crippen molar-refractivity contribution in [1.82, 2.24) is 14.5 Å². The Morgan fingerprint density at radius 1 is 1.35 bits per heavy atom. The van der Waals surface area contributed by atoms with Gasteiger partial charge in [-0.2, -0.15) is 0 Å². The van der Waals surface area contributed by atoms with Crippen LogP contribution < -0.4 is 0 Å². The second kappa shape index (κ2) is 5.97. The first-order chi connectivity index (χ1) is 9.74. The van der Waals surface area contributed by atoms with Crippen molar-refractivity contribution in [2.75, 3.05) is 13.1 Å². The van der Waals surface area contributed by atoms with Crippen molar-refractivity contribution >= 4 is 28.8 Å². The second-order valence-electron chi connectivity index (χ2n) is 4.89. The number of thiophene rings is 1. The standard InChI is InChI=1S/C14H16ClN3OS/c15-12-5-4-11(20-12)14-16-6-10-18(14)9-2-8-17-7-1-3-13(17)19/h4-6,10H,1-3,7-9H2. The lowest BCUT2D eigenvalue weighted by Gasteiger charge is -2.15. The van der Waals surface area contributed by atoms with E-state index in [9.17, 15) is 4.79 Å². The van der Waals surface area contributed by atoms with Crippen LogP contribution in [0.4, 0.5) is 0 Å². The molecule has 0 unspecified atom stereocenters. The van der Waals surface area contributed by atoms with E-state index < -0.39 is 0 Å². The summed E-state index contributed by atoms with van der Waals surface area (Å²) >= 11 is 7.51. The fraction of sp³-hybridized carbons (Fsp3) is 0.429. The molecule has 0 radical (unpaired) electrons. The Hall–Kier alpha value is -1.33. The lowest BCUT2D eigenvalue weighted by molar-refractivity contribution is -0.127. The van der Waals surface area contributed by atoms with Gasteiger partial charge in [-0.05, 0) is 25.0 Å². The summed E-state index contributed by atoms with van der Waals surface area (Å²) in [6.45, 7) is 2.62. The minimum atomic E-state index is 0.292. The fourth-order valence-electron chi connectivity index (χ4n) is 2.52. The van der Waals surface area contributed by atoms with Gasteiger partial charge in [-0.3, -0.25) is 4.79 Å². The van der Waals surface area contributed by atoms with Gasteiger partial charge in [-0.15, -0.1) is 11.3 Å². The van der Waals surface area contributed by atoms with Crippen LogP contribution in [0.3, 0.4) is 0 Å². The van der Waals surface area contributed by atoms with Gasteiger partial charge in [0.25, 0.3) is 0 Å². The van der Waals surface area contributed by atoms with Crippen LogP contribution in [0.15, 0.2) is 24.5 Å². The van der Waals surface area contributed by atoms with Gasteiger partial charge in [0.2, 0.25) is 5.91 Å². The van der Waals surface area contributed by atoms with Gasteiger partial charge in [0.05, 0.1) is 9.21 Å². The first-order valence-electron chi connectivity index (χ1n) is 6.78. The summed E-state index contributed by atoms with van der Waals surface area (Å²) in [6, 6.07) is 3.89. The number of rotatable bonds is 5. The molecule has 0 bridgehead atoms. The molecule has 1 saturated heterocycles. The van der Waals surface area contributed by atoms with Crippen molar-refractivity contribution in [3.05, 3.63) is 28.9 Å². The highest BCUT2D eigenvalue weighted by atomic mass is 35.5. The lowest BCUT2D eigenvalue weighted by atomic mass is 10.3. The molecule has 0 aliphatic carbocycles. The summed E-state index contributed by atoms with van der Waals surface area (Å²) in [5, 5.41) is 0. The van der Waals surface area contributed by atoms with Crippen molar-refractivity contribution < 1.29 is 4.79 Å². The molecular weight excluding hydrogens is 294 g/mol. The monoisotopic (exact) mass is 309 g/mol. The highest BCUT2D eigenvalue weighted by molar-refractivity contribution is 7.19. The number of carbonyl (C=O) groups excluding carboxylic acids is 1. The van der Waals surface area contributed by atoms with E-state index in [0.717, 1.165) is 47.5 Å². The van der Waals surface area contributed by atoms with Crippen molar-refractivity contribution in [2.24, 2.45) is 0 Å². The predicted molar refractivity (Wildman–Crippen MR) is 81.0 cm³/mol. The van der Waals surface area contributed by atoms with Crippen LogP contribution in [-0.4, -0.2) is 33.4 Å². The molecular formula is C14H16ClN3OS. The van der Waals surface area contributed by atoms with Crippen molar-refractivity contribution in [3.8, 4) is 10.7 Å². The van der Waals surface area contributed by atoms with E-state index in [-0.39, 0.29) is 0 Å². The first kappa shape index (κ1) is 13.6. The third kappa shape index (κ3) is 2.88. The fourth-order valence-corrected chi connectivity index (χ4v) is 3.58. The molecule has 2 aromatic rings. The van der Waals surface area contributed by atoms with Gasteiger partial charge in [0.1, 0.15) is 5.82 Å². The van der Waals surface area contributed by atoms with E-state index in [1.54, 1.807) is 0 Å². The molecule has 3 heterocycles. The summed E-state index contributed by atoms with van der Waals surface area (Å²) < 4.78 is 2.90. The molecule has 20 heavy (non-hydrogen) atoms. The molecule has 3 rings (SSSR count). The van der Waals surface area contributed by atoms with Gasteiger partial charge < -0.3 is 9.47 Å². The lowest BCUT2D eigenvalue weighted by Crippen LogP contribution is -2.26. The van der Waals surface area contributed by atoms with Crippen LogP contribution in [0.1, 0.15) is 19.3 Å². The summed E-state index contributed by atoms with van der Waals surface area (Å²) in [6.07, 6.45) is 6.46. The van der Waals surface area contributed by atoms with E-state index in [1.807, 2.05) is 29.4 Å². The van der Waals surface area contributed by atoms with Crippen LogP contribution >= 0.6 is 22.9 Å². The summed E-state index contributed by atoms with van der Waals surface area (Å²) in [4.78, 5) is 19.0. The Labute approximate surface area is 127 Å². The maximum Gasteiger partial charge on any atom is 0.222 e. The molecule has 2 aromatic heterocycles. The van der Waals surface area contributed by atoms with E-state index in [1.165, 1.54) is 11.3 Å². The van der Waals surface area contributed by atoms with Crippen LogP contribution in [-0.2, 0) is 11.3 Å². The number of likely N-dealkylation sites (tertiary alicyclic amines) is 1. The zero-order valence-corrected chi connectivity index (χ0v) is 12.7. The van der Waals surface area contributed by atoms with Crippen molar-refractivity contribution in [2.45, 2.75) is 25.8 Å². The second-order valence-corrected chi connectivity index (χ2v) is 6.60. The Bertz CT molecular complexity index is 607. The molecule has 0 spiro atoms. The molecule has 0 aromatic carbocycles. The van der Waals surface area contributed by atoms with Gasteiger partial charge >= 0.3 is 0 Å². The smallest absolute Gasteiger partial charge is 0.222 e. The predicted octanol–water partition coefficient (Wildman–Crippen LogP) is 3.28. The third-order valence-electron chi connectivity index (χ3n) is 3.51. The van der Waals surface area contributed by atoms with E-state index in [2.05, 4.69) is 9.55 Å².